The van der Waals surface area contributed by atoms with Crippen LogP contribution in [0.4, 0.5) is 5.69 Å². The van der Waals surface area contributed by atoms with Gasteiger partial charge in [0.1, 0.15) is 0 Å². The first kappa shape index (κ1) is 19.1. The summed E-state index contributed by atoms with van der Waals surface area (Å²) in [5.41, 5.74) is 1.31. The second-order valence-corrected chi connectivity index (χ2v) is 8.72. The lowest BCUT2D eigenvalue weighted by Crippen LogP contribution is -2.39. The van der Waals surface area contributed by atoms with Crippen LogP contribution in [0.15, 0.2) is 53.4 Å². The molecule has 0 radical (unpaired) electrons. The van der Waals surface area contributed by atoms with Crippen molar-refractivity contribution >= 4 is 21.6 Å². The third-order valence-corrected chi connectivity index (χ3v) is 6.49. The Morgan fingerprint density at radius 3 is 2.63 bits per heavy atom. The van der Waals surface area contributed by atoms with Gasteiger partial charge in [0.05, 0.1) is 16.5 Å². The van der Waals surface area contributed by atoms with Crippen LogP contribution in [0.1, 0.15) is 35.7 Å². The van der Waals surface area contributed by atoms with Crippen LogP contribution in [0, 0.1) is 17.2 Å². The predicted octanol–water partition coefficient (Wildman–Crippen LogP) is 3.23. The summed E-state index contributed by atoms with van der Waals surface area (Å²) in [6.45, 7) is 3.06. The molecule has 1 N–H and O–H groups in total. The molecule has 2 aromatic carbocycles. The van der Waals surface area contributed by atoms with E-state index in [1.54, 1.807) is 36.4 Å². The summed E-state index contributed by atoms with van der Waals surface area (Å²) < 4.78 is 27.3. The number of nitriles is 1. The van der Waals surface area contributed by atoms with Crippen LogP contribution in [0.3, 0.4) is 0 Å². The molecular formula is C20H21N3O3S. The molecule has 6 nitrogen and oxygen atoms in total. The van der Waals surface area contributed by atoms with Crippen molar-refractivity contribution in [3.05, 3.63) is 59.7 Å². The quantitative estimate of drug-likeness (QED) is 0.878. The molecular weight excluding hydrogens is 362 g/mol. The summed E-state index contributed by atoms with van der Waals surface area (Å²) in [5, 5.41) is 11.5. The molecule has 0 saturated carbocycles. The van der Waals surface area contributed by atoms with E-state index in [0.717, 1.165) is 12.8 Å². The van der Waals surface area contributed by atoms with Crippen molar-refractivity contribution in [2.45, 2.75) is 24.7 Å². The Balaban J connectivity index is 1.80. The third-order valence-electron chi connectivity index (χ3n) is 4.63. The zero-order chi connectivity index (χ0) is 19.4. The Morgan fingerprint density at radius 1 is 1.22 bits per heavy atom. The number of benzene rings is 2. The lowest BCUT2D eigenvalue weighted by Gasteiger charge is -2.30. The van der Waals surface area contributed by atoms with Gasteiger partial charge in [-0.05, 0) is 61.2 Å². The van der Waals surface area contributed by atoms with Crippen LogP contribution in [-0.4, -0.2) is 31.7 Å². The zero-order valence-corrected chi connectivity index (χ0v) is 15.9. The van der Waals surface area contributed by atoms with Crippen molar-refractivity contribution in [3.8, 4) is 6.07 Å². The molecule has 0 aliphatic carbocycles. The molecule has 140 valence electrons. The summed E-state index contributed by atoms with van der Waals surface area (Å²) in [6, 6.07) is 14.6. The maximum absolute atomic E-state index is 12.9. The van der Waals surface area contributed by atoms with Gasteiger partial charge in [-0.15, -0.1) is 0 Å². The van der Waals surface area contributed by atoms with E-state index in [1.165, 1.54) is 16.4 Å². The Kier molecular flexibility index (Phi) is 5.59. The molecule has 0 bridgehead atoms. The molecule has 0 aromatic heterocycles. The van der Waals surface area contributed by atoms with Crippen LogP contribution in [-0.2, 0) is 10.0 Å². The summed E-state index contributed by atoms with van der Waals surface area (Å²) >= 11 is 0. The van der Waals surface area contributed by atoms with Crippen LogP contribution in [0.2, 0.25) is 0 Å². The van der Waals surface area contributed by atoms with Crippen LogP contribution >= 0.6 is 0 Å². The molecule has 27 heavy (non-hydrogen) atoms. The lowest BCUT2D eigenvalue weighted by molar-refractivity contribution is 0.102. The number of carbonyl (C=O) groups is 1. The number of hydrogen-bond acceptors (Lipinski definition) is 4. The molecule has 1 aliphatic rings. The van der Waals surface area contributed by atoms with Crippen LogP contribution in [0.5, 0.6) is 0 Å². The predicted molar refractivity (Wildman–Crippen MR) is 103 cm³/mol. The fraction of sp³-hybridized carbons (Fsp3) is 0.300. The molecule has 0 spiro atoms. The molecule has 3 rings (SSSR count). The lowest BCUT2D eigenvalue weighted by atomic mass is 10.0. The van der Waals surface area contributed by atoms with Gasteiger partial charge in [-0.2, -0.15) is 9.57 Å². The van der Waals surface area contributed by atoms with Gasteiger partial charge < -0.3 is 5.32 Å². The maximum Gasteiger partial charge on any atom is 0.255 e. The van der Waals surface area contributed by atoms with Gasteiger partial charge >= 0.3 is 0 Å². The Morgan fingerprint density at radius 2 is 1.96 bits per heavy atom. The second kappa shape index (κ2) is 7.91. The Labute approximate surface area is 159 Å². The molecule has 1 fully saturated rings. The van der Waals surface area contributed by atoms with E-state index in [1.807, 2.05) is 13.0 Å². The highest BCUT2D eigenvalue weighted by Gasteiger charge is 2.29. The van der Waals surface area contributed by atoms with E-state index in [-0.39, 0.29) is 10.5 Å². The van der Waals surface area contributed by atoms with Gasteiger partial charge in [0.15, 0.2) is 0 Å². The van der Waals surface area contributed by atoms with Crippen molar-refractivity contribution in [2.24, 2.45) is 5.92 Å². The van der Waals surface area contributed by atoms with E-state index < -0.39 is 15.9 Å². The highest BCUT2D eigenvalue weighted by atomic mass is 32.2. The van der Waals surface area contributed by atoms with Gasteiger partial charge in [-0.25, -0.2) is 8.42 Å². The van der Waals surface area contributed by atoms with Crippen molar-refractivity contribution in [1.29, 1.82) is 5.26 Å². The van der Waals surface area contributed by atoms with Gasteiger partial charge in [0, 0.05) is 24.3 Å². The summed E-state index contributed by atoms with van der Waals surface area (Å²) in [7, 11) is -3.62. The fourth-order valence-corrected chi connectivity index (χ4v) is 4.79. The zero-order valence-electron chi connectivity index (χ0n) is 15.1. The first-order valence-corrected chi connectivity index (χ1v) is 10.3. The summed E-state index contributed by atoms with van der Waals surface area (Å²) in [6.07, 6.45) is 1.87. The van der Waals surface area contributed by atoms with Crippen molar-refractivity contribution in [2.75, 3.05) is 18.4 Å². The Hall–Kier alpha value is -2.69. The monoisotopic (exact) mass is 383 g/mol. The molecule has 1 aliphatic heterocycles. The second-order valence-electron chi connectivity index (χ2n) is 6.78. The average Bonchev–Trinajstić information content (AvgIpc) is 2.68. The number of nitrogens with one attached hydrogen (secondary N) is 1. The van der Waals surface area contributed by atoms with Gasteiger partial charge in [-0.1, -0.05) is 13.0 Å². The number of piperidine rings is 1. The first-order chi connectivity index (χ1) is 12.9. The van der Waals surface area contributed by atoms with E-state index >= 15 is 0 Å². The average molecular weight is 383 g/mol. The van der Waals surface area contributed by atoms with E-state index in [9.17, 15) is 13.2 Å². The number of amides is 1. The smallest absolute Gasteiger partial charge is 0.255 e. The largest absolute Gasteiger partial charge is 0.322 e. The summed E-state index contributed by atoms with van der Waals surface area (Å²) in [4.78, 5) is 12.6. The fourth-order valence-electron chi connectivity index (χ4n) is 3.14. The third kappa shape index (κ3) is 4.35. The molecule has 1 unspecified atom stereocenters. The SMILES string of the molecule is CC1CCCN(S(=O)(=O)c2cccc(C(=O)Nc3ccc(C#N)cc3)c2)C1. The normalized spacial score (nSPS) is 17.9. The first-order valence-electron chi connectivity index (χ1n) is 8.82. The molecule has 2 aromatic rings. The minimum absolute atomic E-state index is 0.129. The number of hydrogen-bond donors (Lipinski definition) is 1. The number of carbonyl (C=O) groups excluding carboxylic acids is 1. The topological polar surface area (TPSA) is 90.3 Å². The minimum Gasteiger partial charge on any atom is -0.322 e. The maximum atomic E-state index is 12.9. The molecule has 1 atom stereocenters. The minimum atomic E-state index is -3.62. The van der Waals surface area contributed by atoms with Gasteiger partial charge in [0.25, 0.3) is 5.91 Å². The van der Waals surface area contributed by atoms with E-state index in [4.69, 9.17) is 5.26 Å². The number of rotatable bonds is 4. The number of anilines is 1. The highest BCUT2D eigenvalue weighted by molar-refractivity contribution is 7.89. The molecule has 1 heterocycles. The number of nitrogens with zero attached hydrogens (tertiary/aromatic N) is 2. The van der Waals surface area contributed by atoms with Crippen LogP contribution < -0.4 is 5.32 Å². The van der Waals surface area contributed by atoms with Crippen molar-refractivity contribution in [3.63, 3.8) is 0 Å². The van der Waals surface area contributed by atoms with E-state index in [2.05, 4.69) is 5.32 Å². The van der Waals surface area contributed by atoms with Gasteiger partial charge in [0.2, 0.25) is 10.0 Å². The molecule has 1 saturated heterocycles. The number of sulfonamides is 1. The highest BCUT2D eigenvalue weighted by Crippen LogP contribution is 2.24. The van der Waals surface area contributed by atoms with E-state index in [0.29, 0.717) is 30.3 Å². The van der Waals surface area contributed by atoms with Crippen molar-refractivity contribution < 1.29 is 13.2 Å². The van der Waals surface area contributed by atoms with Crippen molar-refractivity contribution in [1.82, 2.24) is 4.31 Å². The summed E-state index contributed by atoms with van der Waals surface area (Å²) in [5.74, 6) is -0.0693. The molecule has 1 amide bonds. The Bertz CT molecular complexity index is 978. The van der Waals surface area contributed by atoms with Crippen LogP contribution in [0.25, 0.3) is 0 Å². The standard InChI is InChI=1S/C20H21N3O3S/c1-15-4-3-11-23(14-15)27(25,26)19-6-2-5-17(12-19)20(24)22-18-9-7-16(13-21)8-10-18/h2,5-10,12,15H,3-4,11,14H2,1H3,(H,22,24). The molecule has 7 heteroatoms. The van der Waals surface area contributed by atoms with Gasteiger partial charge in [-0.3, -0.25) is 4.79 Å².